The van der Waals surface area contributed by atoms with Gasteiger partial charge >= 0.3 is 0 Å². The Kier molecular flexibility index (Phi) is 3.74. The van der Waals surface area contributed by atoms with Gasteiger partial charge in [-0.25, -0.2) is 0 Å². The number of ether oxygens (including phenoxy) is 1. The van der Waals surface area contributed by atoms with Crippen LogP contribution in [0.4, 0.5) is 0 Å². The maximum atomic E-state index is 5.63. The molecule has 2 N–H and O–H groups in total. The lowest BCUT2D eigenvalue weighted by molar-refractivity contribution is 0.282. The van der Waals surface area contributed by atoms with Crippen molar-refractivity contribution in [2.24, 2.45) is 5.73 Å². The number of likely N-dealkylation sites (tertiary alicyclic amines) is 1. The molecule has 1 saturated heterocycles. The molecule has 0 spiro atoms. The standard InChI is InChI=1S/C12H19N3O/c1-15-8-3-4-10(15)12-11(16-9-6-13)5-2-7-14-12/h2,5,7,10H,3-4,6,8-9,13H2,1H3. The molecule has 4 nitrogen and oxygen atoms in total. The minimum Gasteiger partial charge on any atom is -0.490 e. The Morgan fingerprint density at radius 2 is 2.50 bits per heavy atom. The van der Waals surface area contributed by atoms with Crippen LogP contribution in [0.5, 0.6) is 5.75 Å². The predicted octanol–water partition coefficient (Wildman–Crippen LogP) is 1.19. The number of rotatable bonds is 4. The van der Waals surface area contributed by atoms with Gasteiger partial charge in [0.05, 0.1) is 11.7 Å². The summed E-state index contributed by atoms with van der Waals surface area (Å²) in [6, 6.07) is 4.28. The maximum absolute atomic E-state index is 5.63. The summed E-state index contributed by atoms with van der Waals surface area (Å²) in [5.74, 6) is 0.881. The molecule has 4 heteroatoms. The molecule has 1 aliphatic rings. The van der Waals surface area contributed by atoms with Crippen LogP contribution in [0.25, 0.3) is 0 Å². The fraction of sp³-hybridized carbons (Fsp3) is 0.583. The first-order valence-electron chi connectivity index (χ1n) is 5.81. The normalized spacial score (nSPS) is 21.2. The summed E-state index contributed by atoms with van der Waals surface area (Å²) in [6.07, 6.45) is 4.22. The molecule has 1 aliphatic heterocycles. The zero-order valence-corrected chi connectivity index (χ0v) is 9.72. The van der Waals surface area contributed by atoms with Crippen molar-refractivity contribution >= 4 is 0 Å². The number of pyridine rings is 1. The first-order chi connectivity index (χ1) is 7.83. The Hall–Kier alpha value is -1.13. The van der Waals surface area contributed by atoms with Gasteiger partial charge in [0.15, 0.2) is 0 Å². The zero-order valence-electron chi connectivity index (χ0n) is 9.72. The van der Waals surface area contributed by atoms with E-state index in [2.05, 4.69) is 16.9 Å². The van der Waals surface area contributed by atoms with Crippen molar-refractivity contribution in [1.29, 1.82) is 0 Å². The average molecular weight is 221 g/mol. The molecule has 1 fully saturated rings. The molecular weight excluding hydrogens is 202 g/mol. The van der Waals surface area contributed by atoms with Gasteiger partial charge in [-0.1, -0.05) is 0 Å². The second-order valence-electron chi connectivity index (χ2n) is 4.16. The largest absolute Gasteiger partial charge is 0.490 e. The van der Waals surface area contributed by atoms with E-state index in [4.69, 9.17) is 10.5 Å². The minimum absolute atomic E-state index is 0.397. The second kappa shape index (κ2) is 5.27. The van der Waals surface area contributed by atoms with Crippen molar-refractivity contribution in [2.45, 2.75) is 18.9 Å². The number of nitrogens with two attached hydrogens (primary N) is 1. The molecule has 0 bridgehead atoms. The van der Waals surface area contributed by atoms with Crippen LogP contribution in [0, 0.1) is 0 Å². The summed E-state index contributed by atoms with van der Waals surface area (Å²) < 4.78 is 5.63. The zero-order chi connectivity index (χ0) is 11.4. The van der Waals surface area contributed by atoms with E-state index in [0.29, 0.717) is 19.2 Å². The molecule has 1 aromatic heterocycles. The fourth-order valence-corrected chi connectivity index (χ4v) is 2.20. The highest BCUT2D eigenvalue weighted by atomic mass is 16.5. The molecule has 0 saturated carbocycles. The van der Waals surface area contributed by atoms with Gasteiger partial charge in [0.1, 0.15) is 12.4 Å². The van der Waals surface area contributed by atoms with Crippen molar-refractivity contribution in [1.82, 2.24) is 9.88 Å². The van der Waals surface area contributed by atoms with Crippen LogP contribution in [0.2, 0.25) is 0 Å². The molecule has 1 unspecified atom stereocenters. The van der Waals surface area contributed by atoms with E-state index in [1.807, 2.05) is 18.3 Å². The third-order valence-corrected chi connectivity index (χ3v) is 3.01. The Morgan fingerprint density at radius 3 is 3.19 bits per heavy atom. The van der Waals surface area contributed by atoms with E-state index in [0.717, 1.165) is 24.4 Å². The molecule has 1 aromatic rings. The van der Waals surface area contributed by atoms with E-state index in [-0.39, 0.29) is 0 Å². The van der Waals surface area contributed by atoms with Crippen LogP contribution < -0.4 is 10.5 Å². The van der Waals surface area contributed by atoms with Gasteiger partial charge in [-0.15, -0.1) is 0 Å². The highest BCUT2D eigenvalue weighted by Gasteiger charge is 2.26. The Labute approximate surface area is 96.4 Å². The molecular formula is C12H19N3O. The van der Waals surface area contributed by atoms with Crippen molar-refractivity contribution < 1.29 is 4.74 Å². The smallest absolute Gasteiger partial charge is 0.142 e. The van der Waals surface area contributed by atoms with Gasteiger partial charge < -0.3 is 10.5 Å². The molecule has 0 aliphatic carbocycles. The van der Waals surface area contributed by atoms with E-state index in [9.17, 15) is 0 Å². The van der Waals surface area contributed by atoms with Crippen LogP contribution >= 0.6 is 0 Å². The SMILES string of the molecule is CN1CCCC1c1ncccc1OCCN. The Bertz CT molecular complexity index is 343. The van der Waals surface area contributed by atoms with Gasteiger partial charge in [-0.2, -0.15) is 0 Å². The van der Waals surface area contributed by atoms with E-state index >= 15 is 0 Å². The summed E-state index contributed by atoms with van der Waals surface area (Å²) >= 11 is 0. The van der Waals surface area contributed by atoms with Gasteiger partial charge in [0.25, 0.3) is 0 Å². The molecule has 1 atom stereocenters. The molecule has 0 amide bonds. The van der Waals surface area contributed by atoms with Crippen LogP contribution in [0.1, 0.15) is 24.6 Å². The lowest BCUT2D eigenvalue weighted by atomic mass is 10.1. The second-order valence-corrected chi connectivity index (χ2v) is 4.16. The van der Waals surface area contributed by atoms with Gasteiger partial charge in [-0.3, -0.25) is 9.88 Å². The van der Waals surface area contributed by atoms with Crippen molar-refractivity contribution in [2.75, 3.05) is 26.7 Å². The molecule has 88 valence electrons. The summed E-state index contributed by atoms with van der Waals surface area (Å²) in [6.45, 7) is 2.22. The van der Waals surface area contributed by atoms with Gasteiger partial charge in [-0.05, 0) is 38.6 Å². The van der Waals surface area contributed by atoms with Crippen LogP contribution in [0.15, 0.2) is 18.3 Å². The lowest BCUT2D eigenvalue weighted by Gasteiger charge is -2.21. The topological polar surface area (TPSA) is 51.4 Å². The van der Waals surface area contributed by atoms with Gasteiger partial charge in [0.2, 0.25) is 0 Å². The molecule has 0 radical (unpaired) electrons. The first kappa shape index (κ1) is 11.4. The number of nitrogens with zero attached hydrogens (tertiary/aromatic N) is 2. The van der Waals surface area contributed by atoms with Crippen molar-refractivity contribution in [3.63, 3.8) is 0 Å². The van der Waals surface area contributed by atoms with Gasteiger partial charge in [0, 0.05) is 12.7 Å². The average Bonchev–Trinajstić information content (AvgIpc) is 2.73. The summed E-state index contributed by atoms with van der Waals surface area (Å²) in [4.78, 5) is 6.79. The van der Waals surface area contributed by atoms with Crippen LogP contribution in [-0.2, 0) is 0 Å². The Morgan fingerprint density at radius 1 is 1.62 bits per heavy atom. The highest BCUT2D eigenvalue weighted by molar-refractivity contribution is 5.30. The monoisotopic (exact) mass is 221 g/mol. The number of hydrogen-bond donors (Lipinski definition) is 1. The summed E-state index contributed by atoms with van der Waals surface area (Å²) in [7, 11) is 2.14. The first-order valence-corrected chi connectivity index (χ1v) is 5.81. The highest BCUT2D eigenvalue weighted by Crippen LogP contribution is 2.34. The molecule has 16 heavy (non-hydrogen) atoms. The predicted molar refractivity (Wildman–Crippen MR) is 63.4 cm³/mol. The Balaban J connectivity index is 2.18. The molecule has 2 heterocycles. The van der Waals surface area contributed by atoms with Crippen LogP contribution in [-0.4, -0.2) is 36.6 Å². The minimum atomic E-state index is 0.397. The van der Waals surface area contributed by atoms with E-state index < -0.39 is 0 Å². The van der Waals surface area contributed by atoms with Crippen molar-refractivity contribution in [3.8, 4) is 5.75 Å². The summed E-state index contributed by atoms with van der Waals surface area (Å²) in [5.41, 5.74) is 6.50. The summed E-state index contributed by atoms with van der Waals surface area (Å²) in [5, 5.41) is 0. The fourth-order valence-electron chi connectivity index (χ4n) is 2.20. The maximum Gasteiger partial charge on any atom is 0.142 e. The van der Waals surface area contributed by atoms with Crippen molar-refractivity contribution in [3.05, 3.63) is 24.0 Å². The number of hydrogen-bond acceptors (Lipinski definition) is 4. The molecule has 0 aromatic carbocycles. The number of aromatic nitrogens is 1. The lowest BCUT2D eigenvalue weighted by Crippen LogP contribution is -2.20. The third kappa shape index (κ3) is 2.33. The van der Waals surface area contributed by atoms with E-state index in [1.165, 1.54) is 6.42 Å². The van der Waals surface area contributed by atoms with E-state index in [1.54, 1.807) is 0 Å². The quantitative estimate of drug-likeness (QED) is 0.829. The third-order valence-electron chi connectivity index (χ3n) is 3.01. The molecule has 2 rings (SSSR count). The van der Waals surface area contributed by atoms with Crippen LogP contribution in [0.3, 0.4) is 0 Å².